The van der Waals surface area contributed by atoms with Gasteiger partial charge in [-0.3, -0.25) is 4.79 Å². The Labute approximate surface area is 195 Å². The molecule has 1 saturated heterocycles. The number of carbonyl (C=O) groups excluding carboxylic acids is 1. The van der Waals surface area contributed by atoms with Crippen LogP contribution >= 0.6 is 0 Å². The van der Waals surface area contributed by atoms with Gasteiger partial charge in [0.15, 0.2) is 17.3 Å². The summed E-state index contributed by atoms with van der Waals surface area (Å²) in [6.45, 7) is 1.68. The van der Waals surface area contributed by atoms with Crippen molar-refractivity contribution >= 4 is 28.6 Å². The Morgan fingerprint density at radius 1 is 1.12 bits per heavy atom. The molecule has 1 atom stereocenters. The third-order valence-electron chi connectivity index (χ3n) is 5.88. The lowest BCUT2D eigenvalue weighted by Gasteiger charge is -2.35. The number of hydrogen-bond acceptors (Lipinski definition) is 8. The van der Waals surface area contributed by atoms with Crippen molar-refractivity contribution in [2.24, 2.45) is 5.73 Å². The molecule has 11 heteroatoms. The molecule has 0 aliphatic carbocycles. The maximum atomic E-state index is 15.0. The molecular weight excluding hydrogens is 446 g/mol. The van der Waals surface area contributed by atoms with Gasteiger partial charge < -0.3 is 30.7 Å². The maximum absolute atomic E-state index is 15.0. The molecule has 4 rings (SSSR count). The monoisotopic (exact) mass is 472 g/mol. The molecule has 1 amide bonds. The standard InChI is InChI=1S/C23H26F2N6O3/c1-33-17-11-15-20(19(25)21(17)34-2)28-23(29-22(15)27)31-8-6-30(7-9-31)18(32)12-16(26)13-4-3-5-14(24)10-13/h3-5,10-11,16H,6-9,12,26H2,1-2H3,(H2,27,28,29). The molecule has 2 heterocycles. The van der Waals surface area contributed by atoms with E-state index in [-0.39, 0.29) is 41.1 Å². The summed E-state index contributed by atoms with van der Waals surface area (Å²) < 4.78 is 38.8. The molecule has 1 aliphatic rings. The number of amides is 1. The van der Waals surface area contributed by atoms with Gasteiger partial charge in [-0.2, -0.15) is 4.98 Å². The van der Waals surface area contributed by atoms with Crippen LogP contribution in [-0.4, -0.2) is 61.2 Å². The second-order valence-electron chi connectivity index (χ2n) is 7.96. The third-order valence-corrected chi connectivity index (χ3v) is 5.88. The van der Waals surface area contributed by atoms with Gasteiger partial charge in [0.25, 0.3) is 0 Å². The first kappa shape index (κ1) is 23.4. The number of aromatic nitrogens is 2. The van der Waals surface area contributed by atoms with Gasteiger partial charge in [0, 0.05) is 44.0 Å². The minimum atomic E-state index is -0.688. The van der Waals surface area contributed by atoms with Gasteiger partial charge in [-0.05, 0) is 23.8 Å². The van der Waals surface area contributed by atoms with Crippen LogP contribution in [0.5, 0.6) is 11.5 Å². The molecule has 1 unspecified atom stereocenters. The molecule has 0 bridgehead atoms. The molecule has 0 radical (unpaired) electrons. The molecular formula is C23H26F2N6O3. The Morgan fingerprint density at radius 2 is 1.85 bits per heavy atom. The minimum absolute atomic E-state index is 0.0275. The number of nitrogen functional groups attached to an aromatic ring is 1. The quantitative estimate of drug-likeness (QED) is 0.561. The molecule has 1 aliphatic heterocycles. The number of halogens is 2. The van der Waals surface area contributed by atoms with E-state index in [9.17, 15) is 9.18 Å². The SMILES string of the molecule is COc1cc2c(N)nc(N3CCN(C(=O)CC(N)c4cccc(F)c4)CC3)nc2c(F)c1OC. The van der Waals surface area contributed by atoms with Crippen molar-refractivity contribution in [3.05, 3.63) is 47.5 Å². The minimum Gasteiger partial charge on any atom is -0.493 e. The summed E-state index contributed by atoms with van der Waals surface area (Å²) in [7, 11) is 2.75. The molecule has 0 saturated carbocycles. The van der Waals surface area contributed by atoms with Gasteiger partial charge in [0.2, 0.25) is 11.9 Å². The Hall–Kier alpha value is -3.73. The average Bonchev–Trinajstić information content (AvgIpc) is 2.84. The zero-order valence-electron chi connectivity index (χ0n) is 18.9. The van der Waals surface area contributed by atoms with E-state index < -0.39 is 17.7 Å². The summed E-state index contributed by atoms with van der Waals surface area (Å²) in [6.07, 6.45) is 0.0652. The second kappa shape index (κ2) is 9.64. The maximum Gasteiger partial charge on any atom is 0.228 e. The van der Waals surface area contributed by atoms with Crippen molar-refractivity contribution in [3.63, 3.8) is 0 Å². The first-order valence-corrected chi connectivity index (χ1v) is 10.7. The van der Waals surface area contributed by atoms with Crippen LogP contribution in [0, 0.1) is 11.6 Å². The van der Waals surface area contributed by atoms with Gasteiger partial charge in [0.1, 0.15) is 17.2 Å². The summed E-state index contributed by atoms with van der Waals surface area (Å²) in [5.74, 6) is -0.705. The van der Waals surface area contributed by atoms with E-state index in [0.717, 1.165) is 0 Å². The summed E-state index contributed by atoms with van der Waals surface area (Å²) >= 11 is 0. The van der Waals surface area contributed by atoms with Crippen LogP contribution in [0.4, 0.5) is 20.5 Å². The van der Waals surface area contributed by atoms with E-state index in [1.807, 2.05) is 4.90 Å². The Kier molecular flexibility index (Phi) is 6.64. The highest BCUT2D eigenvalue weighted by molar-refractivity contribution is 5.92. The highest BCUT2D eigenvalue weighted by atomic mass is 19.1. The highest BCUT2D eigenvalue weighted by Gasteiger charge is 2.26. The number of hydrogen-bond donors (Lipinski definition) is 2. The lowest BCUT2D eigenvalue weighted by molar-refractivity contribution is -0.131. The van der Waals surface area contributed by atoms with Crippen molar-refractivity contribution in [1.29, 1.82) is 0 Å². The van der Waals surface area contributed by atoms with E-state index in [1.54, 1.807) is 17.0 Å². The predicted octanol–water partition coefficient (Wildman–Crippen LogP) is 2.25. The summed E-state index contributed by atoms with van der Waals surface area (Å²) in [6, 6.07) is 6.87. The van der Waals surface area contributed by atoms with Crippen LogP contribution in [0.3, 0.4) is 0 Å². The largest absolute Gasteiger partial charge is 0.493 e. The van der Waals surface area contributed by atoms with Crippen molar-refractivity contribution in [3.8, 4) is 11.5 Å². The van der Waals surface area contributed by atoms with E-state index in [4.69, 9.17) is 20.9 Å². The summed E-state index contributed by atoms with van der Waals surface area (Å²) in [4.78, 5) is 25.0. The number of piperazine rings is 1. The number of rotatable bonds is 6. The van der Waals surface area contributed by atoms with Crippen LogP contribution in [-0.2, 0) is 4.79 Å². The highest BCUT2D eigenvalue weighted by Crippen LogP contribution is 2.37. The number of nitrogens with zero attached hydrogens (tertiary/aromatic N) is 4. The summed E-state index contributed by atoms with van der Waals surface area (Å²) in [5.41, 5.74) is 12.8. The first-order chi connectivity index (χ1) is 16.3. The third kappa shape index (κ3) is 4.51. The molecule has 180 valence electrons. The van der Waals surface area contributed by atoms with Gasteiger partial charge >= 0.3 is 0 Å². The zero-order chi connectivity index (χ0) is 24.4. The van der Waals surface area contributed by atoms with Crippen LogP contribution in [0.15, 0.2) is 30.3 Å². The Bertz CT molecular complexity index is 1220. The number of methoxy groups -OCH3 is 2. The number of carbonyl (C=O) groups is 1. The Balaban J connectivity index is 1.47. The number of benzene rings is 2. The number of nitrogens with two attached hydrogens (primary N) is 2. The van der Waals surface area contributed by atoms with Crippen LogP contribution in [0.2, 0.25) is 0 Å². The second-order valence-corrected chi connectivity index (χ2v) is 7.96. The zero-order valence-corrected chi connectivity index (χ0v) is 18.9. The first-order valence-electron chi connectivity index (χ1n) is 10.7. The van der Waals surface area contributed by atoms with Crippen LogP contribution < -0.4 is 25.8 Å². The van der Waals surface area contributed by atoms with Gasteiger partial charge in [0.05, 0.1) is 14.2 Å². The topological polar surface area (TPSA) is 120 Å². The molecule has 34 heavy (non-hydrogen) atoms. The fraction of sp³-hybridized carbons (Fsp3) is 0.348. The number of ether oxygens (including phenoxy) is 2. The number of fused-ring (bicyclic) bond motifs is 1. The normalized spacial score (nSPS) is 14.9. The smallest absolute Gasteiger partial charge is 0.228 e. The lowest BCUT2D eigenvalue weighted by Crippen LogP contribution is -2.49. The van der Waals surface area contributed by atoms with Gasteiger partial charge in [-0.15, -0.1) is 0 Å². The van der Waals surface area contributed by atoms with Gasteiger partial charge in [-0.1, -0.05) is 12.1 Å². The van der Waals surface area contributed by atoms with Gasteiger partial charge in [-0.25, -0.2) is 13.8 Å². The van der Waals surface area contributed by atoms with E-state index in [2.05, 4.69) is 9.97 Å². The van der Waals surface area contributed by atoms with E-state index in [0.29, 0.717) is 37.1 Å². The fourth-order valence-electron chi connectivity index (χ4n) is 4.01. The van der Waals surface area contributed by atoms with Crippen molar-refractivity contribution in [2.45, 2.75) is 12.5 Å². The summed E-state index contributed by atoms with van der Waals surface area (Å²) in [5, 5.41) is 0.319. The van der Waals surface area contributed by atoms with Crippen LogP contribution in [0.1, 0.15) is 18.0 Å². The molecule has 9 nitrogen and oxygen atoms in total. The van der Waals surface area contributed by atoms with Crippen LogP contribution in [0.25, 0.3) is 10.9 Å². The molecule has 0 spiro atoms. The lowest BCUT2D eigenvalue weighted by atomic mass is 10.0. The van der Waals surface area contributed by atoms with Crippen molar-refractivity contribution in [1.82, 2.24) is 14.9 Å². The molecule has 1 fully saturated rings. The Morgan fingerprint density at radius 3 is 2.50 bits per heavy atom. The molecule has 3 aromatic rings. The van der Waals surface area contributed by atoms with Crippen molar-refractivity contribution in [2.75, 3.05) is 51.0 Å². The average molecular weight is 472 g/mol. The predicted molar refractivity (Wildman–Crippen MR) is 124 cm³/mol. The van der Waals surface area contributed by atoms with E-state index in [1.165, 1.54) is 32.4 Å². The van der Waals surface area contributed by atoms with E-state index >= 15 is 4.39 Å². The van der Waals surface area contributed by atoms with Crippen molar-refractivity contribution < 1.29 is 23.0 Å². The fourth-order valence-corrected chi connectivity index (χ4v) is 4.01. The molecule has 4 N–H and O–H groups in total. The molecule has 1 aromatic heterocycles. The number of anilines is 2. The molecule has 2 aromatic carbocycles.